The van der Waals surface area contributed by atoms with Gasteiger partial charge in [0, 0.05) is 50.4 Å². The van der Waals surface area contributed by atoms with E-state index in [2.05, 4.69) is 34.1 Å². The summed E-state index contributed by atoms with van der Waals surface area (Å²) in [6.45, 7) is -0.545. The first-order valence-electron chi connectivity index (χ1n) is 17.3. The average Bonchev–Trinajstić information content (AvgIpc) is 3.67. The van der Waals surface area contributed by atoms with Crippen LogP contribution >= 0.6 is 0 Å². The number of halogens is 6. The van der Waals surface area contributed by atoms with E-state index in [-0.39, 0.29) is 0 Å². The fourth-order valence-corrected chi connectivity index (χ4v) is 7.90. The van der Waals surface area contributed by atoms with Crippen molar-refractivity contribution in [1.82, 2.24) is 14.5 Å². The highest BCUT2D eigenvalue weighted by atomic mass is 19.4. The summed E-state index contributed by atoms with van der Waals surface area (Å²) < 4.78 is 88.7. The number of hydrogen-bond acceptors (Lipinski definition) is 2. The van der Waals surface area contributed by atoms with Crippen molar-refractivity contribution in [2.24, 2.45) is 0 Å². The molecule has 9 aromatic rings. The number of fused-ring (bicyclic) bond motifs is 7. The molecule has 2 aromatic heterocycles. The molecule has 1 atom stereocenters. The van der Waals surface area contributed by atoms with Gasteiger partial charge in [0.05, 0.1) is 33.2 Å². The van der Waals surface area contributed by atoms with Crippen LogP contribution in [0.1, 0.15) is 28.4 Å². The number of benzene rings is 7. The molecule has 0 aliphatic heterocycles. The van der Waals surface area contributed by atoms with Crippen molar-refractivity contribution < 1.29 is 26.3 Å². The molecule has 0 radical (unpaired) electrons. The third-order valence-electron chi connectivity index (χ3n) is 10.3. The van der Waals surface area contributed by atoms with Crippen molar-refractivity contribution in [3.63, 3.8) is 0 Å². The first kappa shape index (κ1) is 33.6. The minimum absolute atomic E-state index is 0.398. The van der Waals surface area contributed by atoms with Gasteiger partial charge in [-0.1, -0.05) is 97.1 Å². The summed E-state index contributed by atoms with van der Waals surface area (Å²) in [4.78, 5) is 0. The predicted molar refractivity (Wildman–Crippen MR) is 204 cm³/mol. The second kappa shape index (κ2) is 12.4. The summed E-state index contributed by atoms with van der Waals surface area (Å²) in [6, 6.07) is 42.8. The van der Waals surface area contributed by atoms with Crippen molar-refractivity contribution in [2.75, 3.05) is 5.73 Å². The molecule has 0 aliphatic rings. The maximum Gasteiger partial charge on any atom is 0.416 e. The zero-order valence-electron chi connectivity index (χ0n) is 28.4. The standard InChI is InChI=1S/C44H30F6N4/c45-43(46,47)28-18-22-36(44(48,49)50)27(23-28)25-52-42(35-20-17-26-9-1-2-10-30(26)41(35)51)54-39-16-8-5-13-33(39)34-21-19-29(24-40(34)54)53-37-14-6-3-11-31(37)32-12-4-7-15-38(32)53/h1-24,42,52H,25,51H2. The van der Waals surface area contributed by atoms with E-state index >= 15 is 0 Å². The lowest BCUT2D eigenvalue weighted by Crippen LogP contribution is -2.29. The molecule has 1 unspecified atom stereocenters. The van der Waals surface area contributed by atoms with E-state index in [1.807, 2.05) is 108 Å². The number of aromatic nitrogens is 2. The van der Waals surface area contributed by atoms with Crippen LogP contribution in [-0.2, 0) is 18.9 Å². The number of nitrogens with two attached hydrogens (primary N) is 1. The van der Waals surface area contributed by atoms with Crippen LogP contribution in [0.3, 0.4) is 0 Å². The van der Waals surface area contributed by atoms with Crippen molar-refractivity contribution >= 4 is 60.1 Å². The first-order chi connectivity index (χ1) is 26.0. The van der Waals surface area contributed by atoms with E-state index < -0.39 is 41.8 Å². The molecular formula is C44H30F6N4. The maximum absolute atomic E-state index is 14.3. The molecular weight excluding hydrogens is 698 g/mol. The Balaban J connectivity index is 1.30. The SMILES string of the molecule is Nc1c(C(NCc2cc(C(F)(F)F)ccc2C(F)(F)F)n2c3ccccc3c3ccc(-n4c5ccccc5c5ccccc54)cc32)ccc2ccccc12. The normalized spacial score (nSPS) is 13.1. The first-order valence-corrected chi connectivity index (χ1v) is 17.3. The summed E-state index contributed by atoms with van der Waals surface area (Å²) in [6.07, 6.45) is -10.6. The Kier molecular flexibility index (Phi) is 7.72. The molecule has 54 heavy (non-hydrogen) atoms. The van der Waals surface area contributed by atoms with Crippen molar-refractivity contribution in [2.45, 2.75) is 25.1 Å². The third-order valence-corrected chi connectivity index (χ3v) is 10.3. The molecule has 268 valence electrons. The van der Waals surface area contributed by atoms with Gasteiger partial charge in [-0.15, -0.1) is 0 Å². The largest absolute Gasteiger partial charge is 0.416 e. The molecule has 2 heterocycles. The molecule has 4 nitrogen and oxygen atoms in total. The molecule has 0 aliphatic carbocycles. The fraction of sp³-hybridized carbons (Fsp3) is 0.0909. The highest BCUT2D eigenvalue weighted by Gasteiger charge is 2.37. The Hall–Kier alpha value is -6.26. The van der Waals surface area contributed by atoms with E-state index in [0.29, 0.717) is 29.4 Å². The second-order valence-electron chi connectivity index (χ2n) is 13.4. The molecule has 9 rings (SSSR count). The molecule has 0 saturated heterocycles. The molecule has 7 aromatic carbocycles. The molecule has 0 amide bonds. The summed E-state index contributed by atoms with van der Waals surface area (Å²) in [7, 11) is 0. The van der Waals surface area contributed by atoms with Gasteiger partial charge in [0.1, 0.15) is 6.17 Å². The Morgan fingerprint density at radius 1 is 0.537 bits per heavy atom. The number of hydrogen-bond donors (Lipinski definition) is 2. The quantitative estimate of drug-likeness (QED) is 0.132. The van der Waals surface area contributed by atoms with Crippen molar-refractivity contribution in [3.8, 4) is 5.69 Å². The molecule has 3 N–H and O–H groups in total. The highest BCUT2D eigenvalue weighted by molar-refractivity contribution is 6.11. The van der Waals surface area contributed by atoms with E-state index in [0.717, 1.165) is 60.1 Å². The minimum Gasteiger partial charge on any atom is -0.398 e. The third kappa shape index (κ3) is 5.44. The summed E-state index contributed by atoms with van der Waals surface area (Å²) in [5, 5.41) is 8.80. The summed E-state index contributed by atoms with van der Waals surface area (Å²) in [5.74, 6) is 0. The lowest BCUT2D eigenvalue weighted by Gasteiger charge is -2.26. The number of alkyl halides is 6. The van der Waals surface area contributed by atoms with Crippen LogP contribution in [0.4, 0.5) is 32.0 Å². The van der Waals surface area contributed by atoms with Crippen molar-refractivity contribution in [1.29, 1.82) is 0 Å². The Morgan fingerprint density at radius 3 is 1.76 bits per heavy atom. The number of rotatable bonds is 6. The number of nitrogens with one attached hydrogen (secondary N) is 1. The Labute approximate surface area is 304 Å². The topological polar surface area (TPSA) is 47.9 Å². The van der Waals surface area contributed by atoms with E-state index in [9.17, 15) is 26.3 Å². The maximum atomic E-state index is 14.3. The number of nitrogens with zero attached hydrogens (tertiary/aromatic N) is 2. The lowest BCUT2D eigenvalue weighted by molar-refractivity contribution is -0.141. The smallest absolute Gasteiger partial charge is 0.398 e. The zero-order valence-corrected chi connectivity index (χ0v) is 28.4. The van der Waals surface area contributed by atoms with Crippen LogP contribution < -0.4 is 11.1 Å². The Morgan fingerprint density at radius 2 is 1.11 bits per heavy atom. The molecule has 0 fully saturated rings. The van der Waals surface area contributed by atoms with Gasteiger partial charge in [-0.05, 0) is 59.5 Å². The van der Waals surface area contributed by atoms with E-state index in [1.165, 1.54) is 0 Å². The highest BCUT2D eigenvalue weighted by Crippen LogP contribution is 2.41. The van der Waals surface area contributed by atoms with Gasteiger partial charge in [-0.25, -0.2) is 0 Å². The van der Waals surface area contributed by atoms with Gasteiger partial charge in [0.2, 0.25) is 0 Å². The van der Waals surface area contributed by atoms with Crippen LogP contribution in [0, 0.1) is 0 Å². The number of para-hydroxylation sites is 3. The van der Waals surface area contributed by atoms with Gasteiger partial charge in [0.15, 0.2) is 0 Å². The van der Waals surface area contributed by atoms with E-state index in [4.69, 9.17) is 5.73 Å². The van der Waals surface area contributed by atoms with Crippen LogP contribution in [0.25, 0.3) is 60.1 Å². The summed E-state index contributed by atoms with van der Waals surface area (Å²) >= 11 is 0. The van der Waals surface area contributed by atoms with Gasteiger partial charge in [0.25, 0.3) is 0 Å². The minimum atomic E-state index is -4.89. The van der Waals surface area contributed by atoms with Crippen LogP contribution in [-0.4, -0.2) is 9.13 Å². The van der Waals surface area contributed by atoms with Gasteiger partial charge < -0.3 is 14.9 Å². The lowest BCUT2D eigenvalue weighted by atomic mass is 10.0. The molecule has 0 spiro atoms. The second-order valence-corrected chi connectivity index (χ2v) is 13.4. The number of anilines is 1. The molecule has 10 heteroatoms. The van der Waals surface area contributed by atoms with Crippen molar-refractivity contribution in [3.05, 3.63) is 168 Å². The zero-order chi connectivity index (χ0) is 37.4. The van der Waals surface area contributed by atoms with Crippen LogP contribution in [0.5, 0.6) is 0 Å². The van der Waals surface area contributed by atoms with E-state index in [1.54, 1.807) is 0 Å². The van der Waals surface area contributed by atoms with Crippen LogP contribution in [0.15, 0.2) is 146 Å². The average molecular weight is 729 g/mol. The van der Waals surface area contributed by atoms with Gasteiger partial charge in [-0.2, -0.15) is 26.3 Å². The van der Waals surface area contributed by atoms with Crippen LogP contribution in [0.2, 0.25) is 0 Å². The monoisotopic (exact) mass is 728 g/mol. The number of nitrogen functional groups attached to an aromatic ring is 1. The predicted octanol–water partition coefficient (Wildman–Crippen LogP) is 12.0. The Bertz CT molecular complexity index is 2850. The fourth-order valence-electron chi connectivity index (χ4n) is 7.90. The molecule has 0 bridgehead atoms. The van der Waals surface area contributed by atoms with Gasteiger partial charge in [-0.3, -0.25) is 5.32 Å². The molecule has 0 saturated carbocycles. The van der Waals surface area contributed by atoms with Gasteiger partial charge >= 0.3 is 12.4 Å². The summed E-state index contributed by atoms with van der Waals surface area (Å²) in [5.41, 5.74) is 9.38.